The molecule has 2 N–H and O–H groups in total. The number of morpholine rings is 1. The normalized spacial score (nSPS) is 19.1. The molecule has 0 aromatic heterocycles. The Balaban J connectivity index is 1.55. The lowest BCUT2D eigenvalue weighted by Gasteiger charge is -2.34. The summed E-state index contributed by atoms with van der Waals surface area (Å²) in [7, 11) is 2.11. The third-order valence-corrected chi connectivity index (χ3v) is 5.71. The van der Waals surface area contributed by atoms with Crippen molar-refractivity contribution in [3.05, 3.63) is 47.8 Å². The number of nitrogen functional groups attached to an aromatic ring is 1. The summed E-state index contributed by atoms with van der Waals surface area (Å²) >= 11 is 0. The van der Waals surface area contributed by atoms with Crippen molar-refractivity contribution in [1.29, 1.82) is 0 Å². The molecule has 2 aromatic carbocycles. The molecular formula is C22H29FN4O. The molecule has 0 amide bonds. The molecule has 0 unspecified atom stereocenters. The highest BCUT2D eigenvalue weighted by atomic mass is 19.1. The third kappa shape index (κ3) is 4.29. The SMILES string of the molecule is CN1CCN(c2cc(F)c(-c3cccc(CN4CCOCC4)c3)cc2N)CC1. The maximum atomic E-state index is 15.0. The molecule has 0 saturated carbocycles. The minimum Gasteiger partial charge on any atom is -0.397 e. The average Bonchev–Trinajstić information content (AvgIpc) is 2.71. The lowest BCUT2D eigenvalue weighted by atomic mass is 10.0. The molecular weight excluding hydrogens is 355 g/mol. The van der Waals surface area contributed by atoms with E-state index in [-0.39, 0.29) is 5.82 Å². The van der Waals surface area contributed by atoms with Gasteiger partial charge in [0.05, 0.1) is 24.6 Å². The van der Waals surface area contributed by atoms with Crippen molar-refractivity contribution in [3.8, 4) is 11.1 Å². The molecule has 2 fully saturated rings. The van der Waals surface area contributed by atoms with E-state index < -0.39 is 0 Å². The highest BCUT2D eigenvalue weighted by Gasteiger charge is 2.19. The largest absolute Gasteiger partial charge is 0.397 e. The van der Waals surface area contributed by atoms with Crippen LogP contribution in [-0.2, 0) is 11.3 Å². The Hall–Kier alpha value is -2.15. The molecule has 0 spiro atoms. The Morgan fingerprint density at radius 3 is 2.50 bits per heavy atom. The van der Waals surface area contributed by atoms with Gasteiger partial charge in [0.2, 0.25) is 0 Å². The van der Waals surface area contributed by atoms with Crippen molar-refractivity contribution >= 4 is 11.4 Å². The topological polar surface area (TPSA) is 45.0 Å². The fraction of sp³-hybridized carbons (Fsp3) is 0.455. The summed E-state index contributed by atoms with van der Waals surface area (Å²) in [4.78, 5) is 6.82. The van der Waals surface area contributed by atoms with Crippen LogP contribution in [0.2, 0.25) is 0 Å². The molecule has 2 heterocycles. The number of halogens is 1. The van der Waals surface area contributed by atoms with Crippen LogP contribution in [-0.4, -0.2) is 69.3 Å². The van der Waals surface area contributed by atoms with E-state index in [0.717, 1.165) is 70.3 Å². The number of nitrogens with two attached hydrogens (primary N) is 1. The molecule has 0 atom stereocenters. The standard InChI is InChI=1S/C22H29FN4O/c1-25-5-7-27(8-6-25)22-15-20(23)19(14-21(22)24)18-4-2-3-17(13-18)16-26-9-11-28-12-10-26/h2-4,13-15H,5-12,16,24H2,1H3. The van der Waals surface area contributed by atoms with Gasteiger partial charge in [0.15, 0.2) is 0 Å². The number of nitrogens with zero attached hydrogens (tertiary/aromatic N) is 3. The molecule has 2 aliphatic heterocycles. The molecule has 6 heteroatoms. The first-order valence-electron chi connectivity index (χ1n) is 10.0. The van der Waals surface area contributed by atoms with Gasteiger partial charge in [-0.25, -0.2) is 4.39 Å². The van der Waals surface area contributed by atoms with E-state index in [9.17, 15) is 0 Å². The highest BCUT2D eigenvalue weighted by molar-refractivity contribution is 5.77. The van der Waals surface area contributed by atoms with E-state index in [1.165, 1.54) is 5.56 Å². The minimum atomic E-state index is -0.216. The van der Waals surface area contributed by atoms with E-state index in [2.05, 4.69) is 33.9 Å². The van der Waals surface area contributed by atoms with Crippen molar-refractivity contribution in [2.24, 2.45) is 0 Å². The molecule has 0 aliphatic carbocycles. The summed E-state index contributed by atoms with van der Waals surface area (Å²) in [5.41, 5.74) is 10.4. The second-order valence-corrected chi connectivity index (χ2v) is 7.77. The van der Waals surface area contributed by atoms with Gasteiger partial charge in [0, 0.05) is 51.4 Å². The molecule has 28 heavy (non-hydrogen) atoms. The maximum Gasteiger partial charge on any atom is 0.133 e. The highest BCUT2D eigenvalue weighted by Crippen LogP contribution is 2.33. The van der Waals surface area contributed by atoms with Gasteiger partial charge in [-0.15, -0.1) is 0 Å². The first-order chi connectivity index (χ1) is 13.6. The van der Waals surface area contributed by atoms with Crippen LogP contribution in [0, 0.1) is 5.82 Å². The molecule has 4 rings (SSSR count). The van der Waals surface area contributed by atoms with Crippen LogP contribution >= 0.6 is 0 Å². The number of piperazine rings is 1. The fourth-order valence-corrected chi connectivity index (χ4v) is 3.98. The molecule has 2 aromatic rings. The predicted molar refractivity (Wildman–Crippen MR) is 112 cm³/mol. The number of hydrogen-bond acceptors (Lipinski definition) is 5. The summed E-state index contributed by atoms with van der Waals surface area (Å²) in [5.74, 6) is -0.216. The van der Waals surface area contributed by atoms with E-state index in [0.29, 0.717) is 11.3 Å². The number of rotatable bonds is 4. The average molecular weight is 384 g/mol. The van der Waals surface area contributed by atoms with Gasteiger partial charge < -0.3 is 20.3 Å². The quantitative estimate of drug-likeness (QED) is 0.821. The molecule has 0 radical (unpaired) electrons. The molecule has 150 valence electrons. The predicted octanol–water partition coefficient (Wildman–Crippen LogP) is 2.66. The van der Waals surface area contributed by atoms with Crippen LogP contribution in [0.4, 0.5) is 15.8 Å². The monoisotopic (exact) mass is 384 g/mol. The van der Waals surface area contributed by atoms with Crippen LogP contribution in [0.3, 0.4) is 0 Å². The second kappa shape index (κ2) is 8.47. The van der Waals surface area contributed by atoms with Gasteiger partial charge in [0.1, 0.15) is 5.82 Å². The van der Waals surface area contributed by atoms with E-state index in [1.54, 1.807) is 12.1 Å². The van der Waals surface area contributed by atoms with E-state index in [1.807, 2.05) is 12.1 Å². The van der Waals surface area contributed by atoms with Gasteiger partial charge in [0.25, 0.3) is 0 Å². The summed E-state index contributed by atoms with van der Waals surface area (Å²) in [5, 5.41) is 0. The molecule has 0 bridgehead atoms. The summed E-state index contributed by atoms with van der Waals surface area (Å²) in [6.07, 6.45) is 0. The molecule has 2 saturated heterocycles. The number of ether oxygens (including phenoxy) is 1. The van der Waals surface area contributed by atoms with E-state index in [4.69, 9.17) is 10.5 Å². The number of anilines is 2. The summed E-state index contributed by atoms with van der Waals surface area (Å²) in [6.45, 7) is 7.95. The van der Waals surface area contributed by atoms with Crippen LogP contribution < -0.4 is 10.6 Å². The second-order valence-electron chi connectivity index (χ2n) is 7.77. The van der Waals surface area contributed by atoms with Crippen LogP contribution in [0.25, 0.3) is 11.1 Å². The maximum absolute atomic E-state index is 15.0. The van der Waals surface area contributed by atoms with Crippen LogP contribution in [0.5, 0.6) is 0 Å². The van der Waals surface area contributed by atoms with Crippen molar-refractivity contribution < 1.29 is 9.13 Å². The van der Waals surface area contributed by atoms with Gasteiger partial charge in [-0.05, 0) is 36.4 Å². The smallest absolute Gasteiger partial charge is 0.133 e. The number of hydrogen-bond donors (Lipinski definition) is 1. The Labute approximate surface area is 166 Å². The number of likely N-dealkylation sites (N-methyl/N-ethyl adjacent to an activating group) is 1. The zero-order chi connectivity index (χ0) is 19.5. The first-order valence-corrected chi connectivity index (χ1v) is 10.0. The zero-order valence-electron chi connectivity index (χ0n) is 16.5. The zero-order valence-corrected chi connectivity index (χ0v) is 16.5. The van der Waals surface area contributed by atoms with Crippen molar-refractivity contribution in [3.63, 3.8) is 0 Å². The summed E-state index contributed by atoms with van der Waals surface area (Å²) in [6, 6.07) is 11.5. The fourth-order valence-electron chi connectivity index (χ4n) is 3.98. The van der Waals surface area contributed by atoms with Gasteiger partial charge in [-0.3, -0.25) is 4.90 Å². The lowest BCUT2D eigenvalue weighted by molar-refractivity contribution is 0.0342. The summed E-state index contributed by atoms with van der Waals surface area (Å²) < 4.78 is 20.4. The van der Waals surface area contributed by atoms with Crippen molar-refractivity contribution in [2.75, 3.05) is 70.2 Å². The van der Waals surface area contributed by atoms with Crippen LogP contribution in [0.15, 0.2) is 36.4 Å². The van der Waals surface area contributed by atoms with Crippen molar-refractivity contribution in [2.45, 2.75) is 6.54 Å². The minimum absolute atomic E-state index is 0.216. The Bertz CT molecular complexity index is 814. The van der Waals surface area contributed by atoms with Gasteiger partial charge in [-0.2, -0.15) is 0 Å². The number of benzene rings is 2. The van der Waals surface area contributed by atoms with Crippen LogP contribution in [0.1, 0.15) is 5.56 Å². The van der Waals surface area contributed by atoms with E-state index >= 15 is 4.39 Å². The molecule has 2 aliphatic rings. The first kappa shape index (κ1) is 19.2. The lowest BCUT2D eigenvalue weighted by Crippen LogP contribution is -2.44. The Kier molecular flexibility index (Phi) is 5.80. The molecule has 5 nitrogen and oxygen atoms in total. The van der Waals surface area contributed by atoms with Gasteiger partial charge >= 0.3 is 0 Å². The van der Waals surface area contributed by atoms with Crippen molar-refractivity contribution in [1.82, 2.24) is 9.80 Å². The third-order valence-electron chi connectivity index (χ3n) is 5.71. The van der Waals surface area contributed by atoms with Gasteiger partial charge in [-0.1, -0.05) is 18.2 Å². The Morgan fingerprint density at radius 2 is 1.75 bits per heavy atom. The Morgan fingerprint density at radius 1 is 1.00 bits per heavy atom.